The highest BCUT2D eigenvalue weighted by Gasteiger charge is 2.85. The van der Waals surface area contributed by atoms with E-state index in [-0.39, 0.29) is 6.92 Å². The number of carbonyl (C=O) groups excluding carboxylic acids is 1. The first-order chi connectivity index (χ1) is 8.42. The third-order valence-electron chi connectivity index (χ3n) is 2.04. The lowest BCUT2D eigenvalue weighted by molar-refractivity contribution is -0.406. The zero-order valence-corrected chi connectivity index (χ0v) is 11.8. The van der Waals surface area contributed by atoms with Gasteiger partial charge in [-0.1, -0.05) is 0 Å². The number of esters is 1. The molecule has 0 N–H and O–H groups in total. The van der Waals surface area contributed by atoms with Crippen LogP contribution in [0.15, 0.2) is 0 Å². The first-order valence-electron chi connectivity index (χ1n) is 4.50. The third kappa shape index (κ3) is 2.93. The molecule has 0 amide bonds. The summed E-state index contributed by atoms with van der Waals surface area (Å²) in [6.07, 6.45) is -6.91. The molecule has 0 aromatic heterocycles. The van der Waals surface area contributed by atoms with Crippen LogP contribution in [-0.2, 0) is 9.53 Å². The fraction of sp³-hybridized carbons (Fsp3) is 0.875. The van der Waals surface area contributed by atoms with Crippen molar-refractivity contribution in [3.63, 3.8) is 0 Å². The molecule has 0 heterocycles. The standard InChI is InChI=1S/C8H6F9IO2/c1-3(19)20-4(2,18)5(9,10)6(11,12)7(13,14)8(15,16)17/h1-2H3. The van der Waals surface area contributed by atoms with Gasteiger partial charge in [0.05, 0.1) is 0 Å². The number of rotatable bonds is 4. The lowest BCUT2D eigenvalue weighted by Crippen LogP contribution is -2.67. The van der Waals surface area contributed by atoms with Crippen LogP contribution in [0.3, 0.4) is 0 Å². The molecule has 0 aromatic rings. The van der Waals surface area contributed by atoms with Crippen LogP contribution in [0.25, 0.3) is 0 Å². The van der Waals surface area contributed by atoms with Crippen molar-refractivity contribution in [3.05, 3.63) is 0 Å². The smallest absolute Gasteiger partial charge is 0.442 e. The Morgan fingerprint density at radius 3 is 1.45 bits per heavy atom. The summed E-state index contributed by atoms with van der Waals surface area (Å²) >= 11 is 0.353. The zero-order chi connectivity index (χ0) is 16.8. The van der Waals surface area contributed by atoms with Crippen LogP contribution in [0.5, 0.6) is 0 Å². The second-order valence-corrected chi connectivity index (χ2v) is 5.79. The number of carbonyl (C=O) groups is 1. The van der Waals surface area contributed by atoms with Gasteiger partial charge in [0.15, 0.2) is 0 Å². The van der Waals surface area contributed by atoms with Crippen molar-refractivity contribution in [1.29, 1.82) is 0 Å². The van der Waals surface area contributed by atoms with Crippen molar-refractivity contribution in [2.24, 2.45) is 0 Å². The van der Waals surface area contributed by atoms with Gasteiger partial charge in [-0.15, -0.1) is 0 Å². The van der Waals surface area contributed by atoms with Crippen molar-refractivity contribution in [2.45, 2.75) is 41.4 Å². The molecule has 0 aliphatic heterocycles. The van der Waals surface area contributed by atoms with Crippen LogP contribution in [0.4, 0.5) is 39.5 Å². The maximum Gasteiger partial charge on any atom is 0.460 e. The molecule has 0 radical (unpaired) electrons. The molecule has 0 saturated carbocycles. The van der Waals surface area contributed by atoms with Gasteiger partial charge in [0.25, 0.3) is 0 Å². The van der Waals surface area contributed by atoms with Crippen molar-refractivity contribution in [1.82, 2.24) is 0 Å². The fourth-order valence-corrected chi connectivity index (χ4v) is 1.64. The molecule has 0 spiro atoms. The summed E-state index contributed by atoms with van der Waals surface area (Å²) in [7, 11) is 0. The van der Waals surface area contributed by atoms with E-state index in [4.69, 9.17) is 0 Å². The molecule has 2 nitrogen and oxygen atoms in total. The number of ether oxygens (including phenoxy) is 1. The van der Waals surface area contributed by atoms with Gasteiger partial charge in [0.2, 0.25) is 3.61 Å². The number of alkyl halides is 10. The highest BCUT2D eigenvalue weighted by Crippen LogP contribution is 2.58. The maximum absolute atomic E-state index is 13.4. The van der Waals surface area contributed by atoms with Gasteiger partial charge in [0.1, 0.15) is 0 Å². The summed E-state index contributed by atoms with van der Waals surface area (Å²) in [5, 5.41) is 0. The molecule has 0 aliphatic rings. The van der Waals surface area contributed by atoms with Crippen LogP contribution in [-0.4, -0.2) is 33.5 Å². The van der Waals surface area contributed by atoms with Crippen molar-refractivity contribution in [3.8, 4) is 0 Å². The average Bonchev–Trinajstić information content (AvgIpc) is 2.12. The first-order valence-corrected chi connectivity index (χ1v) is 5.58. The Morgan fingerprint density at radius 2 is 1.20 bits per heavy atom. The van der Waals surface area contributed by atoms with Crippen molar-refractivity contribution < 1.29 is 49.0 Å². The van der Waals surface area contributed by atoms with Gasteiger partial charge in [-0.3, -0.25) is 4.79 Å². The van der Waals surface area contributed by atoms with Gasteiger partial charge >= 0.3 is 29.9 Å². The van der Waals surface area contributed by atoms with Crippen LogP contribution < -0.4 is 0 Å². The highest BCUT2D eigenvalue weighted by atomic mass is 127. The second kappa shape index (κ2) is 5.09. The predicted octanol–water partition coefficient (Wildman–Crippen LogP) is 4.17. The largest absolute Gasteiger partial charge is 0.460 e. The lowest BCUT2D eigenvalue weighted by atomic mass is 10.00. The summed E-state index contributed by atoms with van der Waals surface area (Å²) in [6.45, 7) is 0.572. The van der Waals surface area contributed by atoms with Gasteiger partial charge in [0, 0.05) is 6.92 Å². The molecular formula is C8H6F9IO2. The lowest BCUT2D eigenvalue weighted by Gasteiger charge is -2.39. The molecule has 1 unspecified atom stereocenters. The summed E-state index contributed by atoms with van der Waals surface area (Å²) in [6, 6.07) is 0. The minimum Gasteiger partial charge on any atom is -0.442 e. The molecule has 0 fully saturated rings. The minimum absolute atomic E-state index is 0.0787. The van der Waals surface area contributed by atoms with Crippen LogP contribution >= 0.6 is 22.6 Å². The summed E-state index contributed by atoms with van der Waals surface area (Å²) in [4.78, 5) is 10.5. The molecule has 1 atom stereocenters. The monoisotopic (exact) mass is 432 g/mol. The van der Waals surface area contributed by atoms with E-state index in [9.17, 15) is 44.3 Å². The molecule has 120 valence electrons. The summed E-state index contributed by atoms with van der Waals surface area (Å²) < 4.78 is 113. The van der Waals surface area contributed by atoms with Crippen LogP contribution in [0.2, 0.25) is 0 Å². The average molecular weight is 432 g/mol. The van der Waals surface area contributed by atoms with E-state index in [2.05, 4.69) is 4.74 Å². The van der Waals surface area contributed by atoms with Crippen LogP contribution in [0, 0.1) is 0 Å². The van der Waals surface area contributed by atoms with E-state index in [1.54, 1.807) is 0 Å². The van der Waals surface area contributed by atoms with E-state index >= 15 is 0 Å². The van der Waals surface area contributed by atoms with E-state index in [1.165, 1.54) is 0 Å². The first kappa shape index (κ1) is 19.6. The number of hydrogen-bond donors (Lipinski definition) is 0. The van der Waals surface area contributed by atoms with Gasteiger partial charge < -0.3 is 4.74 Å². The Kier molecular flexibility index (Phi) is 4.98. The van der Waals surface area contributed by atoms with Crippen molar-refractivity contribution in [2.75, 3.05) is 0 Å². The molecule has 0 saturated heterocycles. The topological polar surface area (TPSA) is 26.3 Å². The molecule has 0 rings (SSSR count). The Balaban J connectivity index is 5.86. The van der Waals surface area contributed by atoms with Gasteiger partial charge in [-0.25, -0.2) is 0 Å². The van der Waals surface area contributed by atoms with Gasteiger partial charge in [-0.05, 0) is 29.5 Å². The van der Waals surface area contributed by atoms with Crippen molar-refractivity contribution >= 4 is 28.6 Å². The molecule has 12 heteroatoms. The zero-order valence-electron chi connectivity index (χ0n) is 9.60. The fourth-order valence-electron chi connectivity index (χ4n) is 0.990. The quantitative estimate of drug-likeness (QED) is 0.289. The molecule has 20 heavy (non-hydrogen) atoms. The normalized spacial score (nSPS) is 17.6. The second-order valence-electron chi connectivity index (χ2n) is 3.73. The van der Waals surface area contributed by atoms with Gasteiger partial charge in [-0.2, -0.15) is 39.5 Å². The molecule has 0 aromatic carbocycles. The Morgan fingerprint density at radius 1 is 0.850 bits per heavy atom. The maximum atomic E-state index is 13.4. The number of halogens is 10. The van der Waals surface area contributed by atoms with E-state index in [0.717, 1.165) is 0 Å². The Hall–Kier alpha value is -0.430. The van der Waals surface area contributed by atoms with Crippen LogP contribution in [0.1, 0.15) is 13.8 Å². The van der Waals surface area contributed by atoms with E-state index < -0.39 is 33.5 Å². The third-order valence-corrected chi connectivity index (χ3v) is 2.94. The minimum atomic E-state index is -7.02. The number of hydrogen-bond acceptors (Lipinski definition) is 2. The molecule has 0 aliphatic carbocycles. The molecular weight excluding hydrogens is 426 g/mol. The molecule has 0 bridgehead atoms. The summed E-state index contributed by atoms with van der Waals surface area (Å²) in [5.74, 6) is -21.4. The van der Waals surface area contributed by atoms with E-state index in [1.807, 2.05) is 0 Å². The highest BCUT2D eigenvalue weighted by molar-refractivity contribution is 14.1. The Labute approximate surface area is 119 Å². The Bertz CT molecular complexity index is 388. The summed E-state index contributed by atoms with van der Waals surface area (Å²) in [5.41, 5.74) is 0. The predicted molar refractivity (Wildman–Crippen MR) is 55.1 cm³/mol. The SMILES string of the molecule is CC(=O)OC(C)(I)C(F)(F)C(F)(F)C(F)(F)C(F)(F)F. The van der Waals surface area contributed by atoms with E-state index in [0.29, 0.717) is 29.5 Å².